The number of aliphatic hydroxyl groups excluding tert-OH is 1. The van der Waals surface area contributed by atoms with E-state index in [1.807, 2.05) is 32.9 Å². The van der Waals surface area contributed by atoms with E-state index in [0.29, 0.717) is 5.92 Å². The van der Waals surface area contributed by atoms with Crippen LogP contribution in [0.15, 0.2) is 24.5 Å². The summed E-state index contributed by atoms with van der Waals surface area (Å²) in [4.78, 5) is 3.95. The van der Waals surface area contributed by atoms with Crippen molar-refractivity contribution in [2.45, 2.75) is 32.8 Å². The number of hydrogen-bond acceptors (Lipinski definition) is 2. The van der Waals surface area contributed by atoms with Crippen molar-refractivity contribution in [1.82, 2.24) is 4.98 Å². The fourth-order valence-corrected chi connectivity index (χ4v) is 1.44. The molecule has 0 radical (unpaired) electrons. The van der Waals surface area contributed by atoms with Crippen molar-refractivity contribution < 1.29 is 5.11 Å². The van der Waals surface area contributed by atoms with Crippen molar-refractivity contribution in [1.29, 1.82) is 0 Å². The molecular formula is C11H17NO. The summed E-state index contributed by atoms with van der Waals surface area (Å²) in [6, 6.07) is 3.91. The summed E-state index contributed by atoms with van der Waals surface area (Å²) in [5, 5.41) is 9.83. The van der Waals surface area contributed by atoms with Crippen LogP contribution in [-0.2, 0) is 0 Å². The summed E-state index contributed by atoms with van der Waals surface area (Å²) in [5.41, 5.74) is 1.15. The van der Waals surface area contributed by atoms with Gasteiger partial charge in [-0.3, -0.25) is 4.98 Å². The Labute approximate surface area is 79.6 Å². The van der Waals surface area contributed by atoms with Gasteiger partial charge in [0.15, 0.2) is 0 Å². The van der Waals surface area contributed by atoms with E-state index in [1.165, 1.54) is 0 Å². The largest absolute Gasteiger partial charge is 0.392 e. The quantitative estimate of drug-likeness (QED) is 0.771. The minimum atomic E-state index is -0.276. The van der Waals surface area contributed by atoms with Gasteiger partial charge in [0.25, 0.3) is 0 Å². The van der Waals surface area contributed by atoms with Crippen LogP contribution in [0.3, 0.4) is 0 Å². The highest BCUT2D eigenvalue weighted by Gasteiger charge is 2.18. The molecule has 1 heterocycles. The maximum Gasteiger partial charge on any atom is 0.0628 e. The molecule has 0 saturated heterocycles. The van der Waals surface area contributed by atoms with Gasteiger partial charge in [-0.05, 0) is 23.6 Å². The average Bonchev–Trinajstić information content (AvgIpc) is 2.17. The normalized spacial score (nSPS) is 15.8. The number of nitrogens with zero attached hydrogens (tertiary/aromatic N) is 1. The van der Waals surface area contributed by atoms with Gasteiger partial charge < -0.3 is 5.11 Å². The van der Waals surface area contributed by atoms with Gasteiger partial charge in [-0.15, -0.1) is 0 Å². The summed E-state index contributed by atoms with van der Waals surface area (Å²) in [5.74, 6) is 0.478. The van der Waals surface area contributed by atoms with Crippen LogP contribution in [0.25, 0.3) is 0 Å². The minimum Gasteiger partial charge on any atom is -0.392 e. The van der Waals surface area contributed by atoms with E-state index >= 15 is 0 Å². The minimum absolute atomic E-state index is 0.183. The van der Waals surface area contributed by atoms with Crippen LogP contribution in [0.5, 0.6) is 0 Å². The van der Waals surface area contributed by atoms with Crippen molar-refractivity contribution in [3.05, 3.63) is 30.1 Å². The predicted molar refractivity (Wildman–Crippen MR) is 53.5 cm³/mol. The molecule has 0 bridgehead atoms. The molecule has 2 atom stereocenters. The van der Waals surface area contributed by atoms with Crippen molar-refractivity contribution in [3.63, 3.8) is 0 Å². The maximum absolute atomic E-state index is 9.83. The highest BCUT2D eigenvalue weighted by molar-refractivity contribution is 5.16. The molecule has 1 aromatic rings. The van der Waals surface area contributed by atoms with Gasteiger partial charge in [-0.2, -0.15) is 0 Å². The van der Waals surface area contributed by atoms with Crippen molar-refractivity contribution in [2.75, 3.05) is 0 Å². The Morgan fingerprint density at radius 1 is 1.15 bits per heavy atom. The van der Waals surface area contributed by atoms with Gasteiger partial charge in [0.1, 0.15) is 0 Å². The molecule has 2 unspecified atom stereocenters. The lowest BCUT2D eigenvalue weighted by molar-refractivity contribution is 0.102. The summed E-state index contributed by atoms with van der Waals surface area (Å²) in [6.07, 6.45) is 3.25. The van der Waals surface area contributed by atoms with Crippen molar-refractivity contribution >= 4 is 0 Å². The fourth-order valence-electron chi connectivity index (χ4n) is 1.44. The summed E-state index contributed by atoms with van der Waals surface area (Å²) < 4.78 is 0. The Morgan fingerprint density at radius 3 is 2.15 bits per heavy atom. The molecule has 0 aliphatic heterocycles. The molecular weight excluding hydrogens is 162 g/mol. The second-order valence-corrected chi connectivity index (χ2v) is 3.80. The lowest BCUT2D eigenvalue weighted by Crippen LogP contribution is -2.21. The first-order valence-electron chi connectivity index (χ1n) is 4.71. The smallest absolute Gasteiger partial charge is 0.0628 e. The predicted octanol–water partition coefficient (Wildman–Crippen LogP) is 2.20. The molecule has 1 N–H and O–H groups in total. The molecule has 1 aromatic heterocycles. The summed E-state index contributed by atoms with van der Waals surface area (Å²) in [7, 11) is 0. The van der Waals surface area contributed by atoms with E-state index in [-0.39, 0.29) is 12.0 Å². The topological polar surface area (TPSA) is 33.1 Å². The molecule has 0 spiro atoms. The summed E-state index contributed by atoms with van der Waals surface area (Å²) in [6.45, 7) is 6.10. The van der Waals surface area contributed by atoms with Crippen LogP contribution < -0.4 is 0 Å². The Balaban J connectivity index is 2.73. The third-order valence-corrected chi connectivity index (χ3v) is 2.43. The number of hydrogen-bond donors (Lipinski definition) is 1. The van der Waals surface area contributed by atoms with E-state index < -0.39 is 0 Å². The first-order valence-corrected chi connectivity index (χ1v) is 4.71. The number of pyridine rings is 1. The zero-order chi connectivity index (χ0) is 9.84. The number of rotatable bonds is 3. The van der Waals surface area contributed by atoms with Gasteiger partial charge in [0, 0.05) is 18.3 Å². The van der Waals surface area contributed by atoms with E-state index in [4.69, 9.17) is 0 Å². The Morgan fingerprint density at radius 2 is 1.69 bits per heavy atom. The molecule has 72 valence electrons. The lowest BCUT2D eigenvalue weighted by Gasteiger charge is -2.22. The standard InChI is InChI=1S/C11H17NO/c1-8(2)11(13)9(3)10-4-6-12-7-5-10/h4-9,11,13H,1-3H3. The number of aliphatic hydroxyl groups is 1. The highest BCUT2D eigenvalue weighted by Crippen LogP contribution is 2.22. The van der Waals surface area contributed by atoms with E-state index in [9.17, 15) is 5.11 Å². The second kappa shape index (κ2) is 4.38. The van der Waals surface area contributed by atoms with E-state index in [0.717, 1.165) is 5.56 Å². The van der Waals surface area contributed by atoms with Gasteiger partial charge in [-0.1, -0.05) is 20.8 Å². The molecule has 2 heteroatoms. The molecule has 0 aromatic carbocycles. The van der Waals surface area contributed by atoms with Crippen molar-refractivity contribution in [3.8, 4) is 0 Å². The molecule has 13 heavy (non-hydrogen) atoms. The molecule has 0 fully saturated rings. The van der Waals surface area contributed by atoms with Gasteiger partial charge in [0.2, 0.25) is 0 Å². The number of aromatic nitrogens is 1. The van der Waals surface area contributed by atoms with Crippen molar-refractivity contribution in [2.24, 2.45) is 5.92 Å². The third-order valence-electron chi connectivity index (χ3n) is 2.43. The zero-order valence-corrected chi connectivity index (χ0v) is 8.44. The van der Waals surface area contributed by atoms with Crippen LogP contribution in [0, 0.1) is 5.92 Å². The van der Waals surface area contributed by atoms with E-state index in [2.05, 4.69) is 4.98 Å². The molecule has 0 aliphatic carbocycles. The van der Waals surface area contributed by atoms with Gasteiger partial charge in [0.05, 0.1) is 6.10 Å². The zero-order valence-electron chi connectivity index (χ0n) is 8.44. The molecule has 0 amide bonds. The van der Waals surface area contributed by atoms with Gasteiger partial charge >= 0.3 is 0 Å². The average molecular weight is 179 g/mol. The van der Waals surface area contributed by atoms with E-state index in [1.54, 1.807) is 12.4 Å². The second-order valence-electron chi connectivity index (χ2n) is 3.80. The van der Waals surface area contributed by atoms with Crippen LogP contribution in [0.4, 0.5) is 0 Å². The SMILES string of the molecule is CC(C)C(O)C(C)c1ccncc1. The fraction of sp³-hybridized carbons (Fsp3) is 0.545. The first-order chi connectivity index (χ1) is 6.13. The Bertz CT molecular complexity index is 246. The first kappa shape index (κ1) is 10.2. The molecule has 1 rings (SSSR count). The van der Waals surface area contributed by atoms with Gasteiger partial charge in [-0.25, -0.2) is 0 Å². The monoisotopic (exact) mass is 179 g/mol. The molecule has 0 aliphatic rings. The molecule has 2 nitrogen and oxygen atoms in total. The van der Waals surface area contributed by atoms with Crippen LogP contribution in [0.2, 0.25) is 0 Å². The maximum atomic E-state index is 9.83. The third kappa shape index (κ3) is 2.52. The highest BCUT2D eigenvalue weighted by atomic mass is 16.3. The summed E-state index contributed by atoms with van der Waals surface area (Å²) >= 11 is 0. The van der Waals surface area contributed by atoms with Crippen LogP contribution >= 0.6 is 0 Å². The van der Waals surface area contributed by atoms with Crippen LogP contribution in [0.1, 0.15) is 32.3 Å². The Hall–Kier alpha value is -0.890. The Kier molecular flexibility index (Phi) is 3.43. The lowest BCUT2D eigenvalue weighted by atomic mass is 9.89. The van der Waals surface area contributed by atoms with Crippen LogP contribution in [-0.4, -0.2) is 16.2 Å². The molecule has 0 saturated carbocycles.